The predicted molar refractivity (Wildman–Crippen MR) is 105 cm³/mol. The number of fused-ring (bicyclic) bond motifs is 1. The van der Waals surface area contributed by atoms with Crippen LogP contribution in [0.1, 0.15) is 12.7 Å². The molecule has 7 heteroatoms. The Morgan fingerprint density at radius 2 is 1.77 bits per heavy atom. The van der Waals surface area contributed by atoms with Crippen LogP contribution in [0.2, 0.25) is 0 Å². The summed E-state index contributed by atoms with van der Waals surface area (Å²) in [5, 5.41) is 0. The highest BCUT2D eigenvalue weighted by molar-refractivity contribution is 5.85. The van der Waals surface area contributed by atoms with Gasteiger partial charge in [-0.05, 0) is 13.0 Å². The van der Waals surface area contributed by atoms with Crippen LogP contribution in [0.25, 0.3) is 22.6 Å². The zero-order valence-corrected chi connectivity index (χ0v) is 15.7. The van der Waals surface area contributed by atoms with Crippen molar-refractivity contribution in [1.29, 1.82) is 0 Å². The van der Waals surface area contributed by atoms with Crippen molar-refractivity contribution in [2.24, 2.45) is 0 Å². The number of nitrogens with zero attached hydrogens (tertiary/aromatic N) is 4. The molecule has 0 atom stereocenters. The van der Waals surface area contributed by atoms with Gasteiger partial charge in [0, 0.05) is 38.7 Å². The first-order valence-electron chi connectivity index (χ1n) is 8.55. The number of piperazine rings is 1. The highest BCUT2D eigenvalue weighted by Crippen LogP contribution is 2.33. The number of carbonyl (C=O) groups is 1. The largest absolute Gasteiger partial charge is 0.351 e. The molecule has 136 valence electrons. The molecule has 26 heavy (non-hydrogen) atoms. The molecule has 6 nitrogen and oxygen atoms in total. The number of hydrogen-bond acceptors (Lipinski definition) is 4. The Labute approximate surface area is 159 Å². The highest BCUT2D eigenvalue weighted by atomic mass is 35.5. The van der Waals surface area contributed by atoms with E-state index in [1.807, 2.05) is 30.0 Å². The maximum atomic E-state index is 11.5. The van der Waals surface area contributed by atoms with Gasteiger partial charge in [-0.25, -0.2) is 9.97 Å². The summed E-state index contributed by atoms with van der Waals surface area (Å²) in [5.74, 6) is 1.90. The van der Waals surface area contributed by atoms with Crippen molar-refractivity contribution in [3.05, 3.63) is 42.2 Å². The minimum atomic E-state index is 0. The average molecular weight is 372 g/mol. The SMILES string of the molecule is CC(=O)N1CCN(c2nc(C)[nH]c3cc(-c4ccccc4)nc2-3)CC1.Cl. The van der Waals surface area contributed by atoms with Gasteiger partial charge in [-0.15, -0.1) is 12.4 Å². The molecule has 0 bridgehead atoms. The normalized spacial score (nSPS) is 14.4. The van der Waals surface area contributed by atoms with Gasteiger partial charge in [0.25, 0.3) is 0 Å². The van der Waals surface area contributed by atoms with Gasteiger partial charge in [0.2, 0.25) is 5.91 Å². The molecule has 1 saturated heterocycles. The number of amides is 1. The van der Waals surface area contributed by atoms with E-state index in [0.29, 0.717) is 0 Å². The monoisotopic (exact) mass is 371 g/mol. The molecule has 1 aromatic rings. The zero-order valence-electron chi connectivity index (χ0n) is 14.9. The fourth-order valence-electron chi connectivity index (χ4n) is 3.33. The maximum absolute atomic E-state index is 11.5. The van der Waals surface area contributed by atoms with E-state index in [2.05, 4.69) is 28.1 Å². The predicted octanol–water partition coefficient (Wildman–Crippen LogP) is 2.98. The summed E-state index contributed by atoms with van der Waals surface area (Å²) >= 11 is 0. The standard InChI is InChI=1S/C19H21N5O.ClH/c1-13-20-17-12-16(15-6-4-3-5-7-15)22-18(17)19(21-13)24-10-8-23(9-11-24)14(2)25;/h3-7,12H,8-11H2,1-2H3,(H,20,21);1H. The number of benzene rings is 1. The minimum absolute atomic E-state index is 0. The molecular weight excluding hydrogens is 350 g/mol. The van der Waals surface area contributed by atoms with Crippen molar-refractivity contribution in [1.82, 2.24) is 19.9 Å². The van der Waals surface area contributed by atoms with Gasteiger partial charge in [0.15, 0.2) is 5.82 Å². The van der Waals surface area contributed by atoms with Crippen molar-refractivity contribution < 1.29 is 4.79 Å². The van der Waals surface area contributed by atoms with Crippen LogP contribution in [0.3, 0.4) is 0 Å². The molecule has 0 aromatic heterocycles. The summed E-state index contributed by atoms with van der Waals surface area (Å²) in [6.07, 6.45) is 0. The second-order valence-corrected chi connectivity index (χ2v) is 6.41. The van der Waals surface area contributed by atoms with Crippen molar-refractivity contribution in [3.63, 3.8) is 0 Å². The topological polar surface area (TPSA) is 65.1 Å². The van der Waals surface area contributed by atoms with Crippen LogP contribution in [-0.4, -0.2) is 51.9 Å². The third kappa shape index (κ3) is 3.37. The Balaban J connectivity index is 0.00000196. The van der Waals surface area contributed by atoms with E-state index < -0.39 is 0 Å². The molecule has 3 heterocycles. The molecule has 1 N–H and O–H groups in total. The lowest BCUT2D eigenvalue weighted by Crippen LogP contribution is -2.48. The number of aryl methyl sites for hydroxylation is 1. The number of hydrogen-bond donors (Lipinski definition) is 1. The second kappa shape index (κ2) is 7.33. The van der Waals surface area contributed by atoms with E-state index in [-0.39, 0.29) is 18.3 Å². The Bertz CT molecular complexity index is 871. The van der Waals surface area contributed by atoms with Crippen molar-refractivity contribution in [2.45, 2.75) is 13.8 Å². The van der Waals surface area contributed by atoms with E-state index in [0.717, 1.165) is 60.5 Å². The van der Waals surface area contributed by atoms with Crippen LogP contribution < -0.4 is 4.90 Å². The third-order valence-electron chi connectivity index (χ3n) is 4.66. The third-order valence-corrected chi connectivity index (χ3v) is 4.66. The van der Waals surface area contributed by atoms with Gasteiger partial charge in [-0.1, -0.05) is 30.3 Å². The smallest absolute Gasteiger partial charge is 0.219 e. The van der Waals surface area contributed by atoms with Gasteiger partial charge in [-0.2, -0.15) is 0 Å². The molecular formula is C19H22ClN5O. The lowest BCUT2D eigenvalue weighted by Gasteiger charge is -2.35. The molecule has 0 radical (unpaired) electrons. The first kappa shape index (κ1) is 18.2. The number of halogens is 1. The number of aromatic nitrogens is 3. The van der Waals surface area contributed by atoms with Gasteiger partial charge in [0.1, 0.15) is 11.5 Å². The summed E-state index contributed by atoms with van der Waals surface area (Å²) in [6, 6.07) is 12.2. The molecule has 1 fully saturated rings. The summed E-state index contributed by atoms with van der Waals surface area (Å²) < 4.78 is 0. The Morgan fingerprint density at radius 1 is 1.08 bits per heavy atom. The lowest BCUT2D eigenvalue weighted by atomic mass is 10.1. The fourth-order valence-corrected chi connectivity index (χ4v) is 3.33. The van der Waals surface area contributed by atoms with Crippen LogP contribution in [-0.2, 0) is 4.79 Å². The van der Waals surface area contributed by atoms with Crippen molar-refractivity contribution in [3.8, 4) is 22.6 Å². The van der Waals surface area contributed by atoms with Crippen LogP contribution in [0.5, 0.6) is 0 Å². The van der Waals surface area contributed by atoms with Gasteiger partial charge in [-0.3, -0.25) is 4.79 Å². The molecule has 1 amide bonds. The van der Waals surface area contributed by atoms with E-state index >= 15 is 0 Å². The number of carbonyl (C=O) groups excluding carboxylic acids is 1. The van der Waals surface area contributed by atoms with Crippen LogP contribution in [0.15, 0.2) is 36.4 Å². The second-order valence-electron chi connectivity index (χ2n) is 6.41. The number of anilines is 1. The summed E-state index contributed by atoms with van der Waals surface area (Å²) in [4.78, 5) is 28.5. The van der Waals surface area contributed by atoms with E-state index in [9.17, 15) is 4.79 Å². The van der Waals surface area contributed by atoms with E-state index in [1.165, 1.54) is 0 Å². The first-order valence-corrected chi connectivity index (χ1v) is 8.55. The molecule has 0 saturated carbocycles. The summed E-state index contributed by atoms with van der Waals surface area (Å²) in [6.45, 7) is 6.59. The van der Waals surface area contributed by atoms with Gasteiger partial charge in [0.05, 0.1) is 11.4 Å². The number of aromatic amines is 1. The number of nitrogens with one attached hydrogen (secondary N) is 1. The Hall–Kier alpha value is -2.60. The van der Waals surface area contributed by atoms with Crippen LogP contribution in [0.4, 0.5) is 5.82 Å². The van der Waals surface area contributed by atoms with Crippen molar-refractivity contribution >= 4 is 24.1 Å². The quantitative estimate of drug-likeness (QED) is 0.752. The van der Waals surface area contributed by atoms with E-state index in [1.54, 1.807) is 6.92 Å². The average Bonchev–Trinajstić information content (AvgIpc) is 3.05. The number of rotatable bonds is 2. The van der Waals surface area contributed by atoms with E-state index in [4.69, 9.17) is 9.97 Å². The zero-order chi connectivity index (χ0) is 17.4. The fraction of sp³-hybridized carbons (Fsp3) is 0.316. The molecule has 0 unspecified atom stereocenters. The Kier molecular flexibility index (Phi) is 5.13. The summed E-state index contributed by atoms with van der Waals surface area (Å²) in [5.41, 5.74) is 3.93. The van der Waals surface area contributed by atoms with Crippen LogP contribution in [0, 0.1) is 6.92 Å². The number of H-pyrrole nitrogens is 1. The molecule has 0 spiro atoms. The van der Waals surface area contributed by atoms with Crippen LogP contribution >= 0.6 is 12.4 Å². The first-order chi connectivity index (χ1) is 12.1. The van der Waals surface area contributed by atoms with Gasteiger partial charge < -0.3 is 14.8 Å². The molecule has 3 aliphatic rings. The summed E-state index contributed by atoms with van der Waals surface area (Å²) in [7, 11) is 0. The van der Waals surface area contributed by atoms with Crippen molar-refractivity contribution in [2.75, 3.05) is 31.1 Å². The van der Waals surface area contributed by atoms with Gasteiger partial charge >= 0.3 is 0 Å². The molecule has 0 aliphatic carbocycles. The molecule has 1 aromatic carbocycles. The Morgan fingerprint density at radius 3 is 2.42 bits per heavy atom. The minimum Gasteiger partial charge on any atom is -0.351 e. The molecule has 3 aliphatic heterocycles. The maximum Gasteiger partial charge on any atom is 0.219 e. The highest BCUT2D eigenvalue weighted by Gasteiger charge is 2.25. The lowest BCUT2D eigenvalue weighted by molar-refractivity contribution is -0.129. The molecule has 4 rings (SSSR count).